The molecule has 0 bridgehead atoms. The third-order valence-electron chi connectivity index (χ3n) is 3.74. The van der Waals surface area contributed by atoms with Crippen molar-refractivity contribution in [2.75, 3.05) is 0 Å². The van der Waals surface area contributed by atoms with Gasteiger partial charge in [0.25, 0.3) is 0 Å². The highest BCUT2D eigenvalue weighted by molar-refractivity contribution is 9.10. The van der Waals surface area contributed by atoms with Gasteiger partial charge in [0.1, 0.15) is 5.82 Å². The molecule has 0 radical (unpaired) electrons. The molecule has 1 aromatic rings. The number of nitrogens with one attached hydrogen (secondary N) is 1. The fourth-order valence-electron chi connectivity index (χ4n) is 2.63. The first-order valence-electron chi connectivity index (χ1n) is 6.60. The van der Waals surface area contributed by atoms with E-state index in [1.165, 1.54) is 24.5 Å². The Labute approximate surface area is 128 Å². The number of thiol groups is 1. The van der Waals surface area contributed by atoms with Crippen LogP contribution in [0.25, 0.3) is 0 Å². The van der Waals surface area contributed by atoms with Gasteiger partial charge in [0.2, 0.25) is 0 Å². The molecule has 19 heavy (non-hydrogen) atoms. The molecule has 0 saturated carbocycles. The Hall–Kier alpha value is -0.320. The van der Waals surface area contributed by atoms with Gasteiger partial charge in [-0.15, -0.1) is 0 Å². The lowest BCUT2D eigenvalue weighted by Crippen LogP contribution is -2.35. The van der Waals surface area contributed by atoms with E-state index in [4.69, 9.17) is 0 Å². The summed E-state index contributed by atoms with van der Waals surface area (Å²) in [7, 11) is 0. The molecule has 0 amide bonds. The van der Waals surface area contributed by atoms with Gasteiger partial charge >= 0.3 is 0 Å². The van der Waals surface area contributed by atoms with Gasteiger partial charge in [-0.3, -0.25) is 4.72 Å². The monoisotopic (exact) mass is 343 g/mol. The van der Waals surface area contributed by atoms with Crippen LogP contribution >= 0.6 is 28.7 Å². The molecule has 104 valence electrons. The largest absolute Gasteiger partial charge is 0.256 e. The molecule has 0 saturated heterocycles. The summed E-state index contributed by atoms with van der Waals surface area (Å²) in [5.41, 5.74) is 1.57. The molecule has 0 aromatic heterocycles. The fourth-order valence-corrected chi connectivity index (χ4v) is 3.20. The van der Waals surface area contributed by atoms with E-state index in [1.807, 2.05) is 13.0 Å². The van der Waals surface area contributed by atoms with E-state index in [9.17, 15) is 4.39 Å². The maximum Gasteiger partial charge on any atom is 0.128 e. The Balaban J connectivity index is 2.30. The number of benzene rings is 1. The van der Waals surface area contributed by atoms with Crippen LogP contribution in [0.1, 0.15) is 44.6 Å². The minimum Gasteiger partial charge on any atom is -0.256 e. The van der Waals surface area contributed by atoms with E-state index >= 15 is 0 Å². The summed E-state index contributed by atoms with van der Waals surface area (Å²) in [5.74, 6) is -0.191. The van der Waals surface area contributed by atoms with Crippen LogP contribution in [-0.4, -0.2) is 0 Å². The number of hydrogen-bond donors (Lipinski definition) is 2. The van der Waals surface area contributed by atoms with Gasteiger partial charge in [-0.05, 0) is 57.2 Å². The van der Waals surface area contributed by atoms with Crippen LogP contribution in [-0.2, 0) is 5.54 Å². The molecule has 0 aliphatic heterocycles. The normalized spacial score (nSPS) is 18.8. The van der Waals surface area contributed by atoms with Crippen LogP contribution in [0.3, 0.4) is 0 Å². The van der Waals surface area contributed by atoms with Crippen LogP contribution in [0.15, 0.2) is 34.3 Å². The molecular weight excluding hydrogens is 325 g/mol. The Bertz CT molecular complexity index is 489. The SMILES string of the molecule is CC(CC1=CCCCC1)(NS)c1cc(Br)ccc1F. The molecule has 1 unspecified atom stereocenters. The number of allylic oxidation sites excluding steroid dienone is 1. The second-order valence-corrected chi connectivity index (χ2v) is 6.49. The van der Waals surface area contributed by atoms with Crippen molar-refractivity contribution in [3.05, 3.63) is 45.7 Å². The summed E-state index contributed by atoms with van der Waals surface area (Å²) in [6.07, 6.45) is 7.83. The molecule has 1 aliphatic rings. The first kappa shape index (κ1) is 15.1. The van der Waals surface area contributed by atoms with E-state index in [0.29, 0.717) is 5.56 Å². The van der Waals surface area contributed by atoms with Gasteiger partial charge in [0.05, 0.1) is 5.54 Å². The lowest BCUT2D eigenvalue weighted by molar-refractivity contribution is 0.416. The summed E-state index contributed by atoms with van der Waals surface area (Å²) in [6.45, 7) is 2.00. The van der Waals surface area contributed by atoms with Crippen LogP contribution in [0.4, 0.5) is 4.39 Å². The summed E-state index contributed by atoms with van der Waals surface area (Å²) in [5, 5.41) is 0. The van der Waals surface area contributed by atoms with Gasteiger partial charge in [-0.2, -0.15) is 0 Å². The number of rotatable bonds is 4. The van der Waals surface area contributed by atoms with Crippen molar-refractivity contribution in [1.29, 1.82) is 0 Å². The molecule has 1 aromatic carbocycles. The summed E-state index contributed by atoms with van der Waals surface area (Å²) in [6, 6.07) is 5.05. The maximum absolute atomic E-state index is 14.1. The van der Waals surface area contributed by atoms with Gasteiger partial charge in [-0.1, -0.05) is 40.4 Å². The van der Waals surface area contributed by atoms with Crippen LogP contribution in [0, 0.1) is 5.82 Å². The molecule has 0 spiro atoms. The third kappa shape index (κ3) is 3.61. The van der Waals surface area contributed by atoms with Crippen molar-refractivity contribution >= 4 is 28.7 Å². The average molecular weight is 344 g/mol. The molecule has 4 heteroatoms. The molecule has 1 atom stereocenters. The topological polar surface area (TPSA) is 12.0 Å². The first-order valence-corrected chi connectivity index (χ1v) is 7.84. The van der Waals surface area contributed by atoms with Crippen LogP contribution in [0.2, 0.25) is 0 Å². The molecule has 0 fully saturated rings. The Morgan fingerprint density at radius 1 is 1.42 bits per heavy atom. The Morgan fingerprint density at radius 3 is 2.84 bits per heavy atom. The quantitative estimate of drug-likeness (QED) is 0.570. The van der Waals surface area contributed by atoms with Crippen molar-refractivity contribution in [3.8, 4) is 0 Å². The van der Waals surface area contributed by atoms with E-state index < -0.39 is 5.54 Å². The molecule has 1 nitrogen and oxygen atoms in total. The predicted octanol–water partition coefficient (Wildman–Crippen LogP) is 5.13. The fraction of sp³-hybridized carbons (Fsp3) is 0.467. The van der Waals surface area contributed by atoms with Crippen molar-refractivity contribution in [2.45, 2.75) is 44.6 Å². The average Bonchev–Trinajstić information content (AvgIpc) is 2.42. The van der Waals surface area contributed by atoms with Gasteiger partial charge < -0.3 is 0 Å². The van der Waals surface area contributed by atoms with Crippen molar-refractivity contribution in [2.24, 2.45) is 0 Å². The van der Waals surface area contributed by atoms with E-state index in [0.717, 1.165) is 23.7 Å². The maximum atomic E-state index is 14.1. The van der Waals surface area contributed by atoms with E-state index in [-0.39, 0.29) is 5.82 Å². The zero-order valence-corrected chi connectivity index (χ0v) is 13.5. The zero-order chi connectivity index (χ0) is 13.9. The first-order chi connectivity index (χ1) is 9.05. The van der Waals surface area contributed by atoms with Gasteiger partial charge in [0.15, 0.2) is 0 Å². The van der Waals surface area contributed by atoms with E-state index in [2.05, 4.69) is 39.5 Å². The summed E-state index contributed by atoms with van der Waals surface area (Å²) < 4.78 is 18.0. The predicted molar refractivity (Wildman–Crippen MR) is 84.7 cm³/mol. The highest BCUT2D eigenvalue weighted by atomic mass is 79.9. The van der Waals surface area contributed by atoms with Crippen LogP contribution in [0.5, 0.6) is 0 Å². The second kappa shape index (κ2) is 6.42. The minimum absolute atomic E-state index is 0.191. The zero-order valence-electron chi connectivity index (χ0n) is 11.0. The highest BCUT2D eigenvalue weighted by Gasteiger charge is 2.29. The lowest BCUT2D eigenvalue weighted by Gasteiger charge is -2.31. The smallest absolute Gasteiger partial charge is 0.128 e. The van der Waals surface area contributed by atoms with Crippen molar-refractivity contribution in [3.63, 3.8) is 0 Å². The molecule has 0 heterocycles. The van der Waals surface area contributed by atoms with Crippen molar-refractivity contribution < 1.29 is 4.39 Å². The summed E-state index contributed by atoms with van der Waals surface area (Å²) >= 11 is 7.64. The molecular formula is C15H19BrFNS. The molecule has 1 aliphatic carbocycles. The molecule has 2 rings (SSSR count). The third-order valence-corrected chi connectivity index (χ3v) is 4.72. The number of hydrogen-bond acceptors (Lipinski definition) is 2. The van der Waals surface area contributed by atoms with E-state index in [1.54, 1.807) is 6.07 Å². The number of halogens is 2. The minimum atomic E-state index is -0.486. The standard InChI is InChI=1S/C15H19BrFNS/c1-15(18-19,10-11-5-3-2-4-6-11)13-9-12(16)7-8-14(13)17/h5,7-9,18-19H,2-4,6,10H2,1H3. The lowest BCUT2D eigenvalue weighted by atomic mass is 9.83. The van der Waals surface area contributed by atoms with Gasteiger partial charge in [0, 0.05) is 10.0 Å². The Kier molecular flexibility index (Phi) is 5.09. The molecule has 1 N–H and O–H groups in total. The van der Waals surface area contributed by atoms with Crippen molar-refractivity contribution in [1.82, 2.24) is 4.72 Å². The highest BCUT2D eigenvalue weighted by Crippen LogP contribution is 2.35. The van der Waals surface area contributed by atoms with Gasteiger partial charge in [-0.25, -0.2) is 4.39 Å². The summed E-state index contributed by atoms with van der Waals surface area (Å²) in [4.78, 5) is 0. The Morgan fingerprint density at radius 2 is 2.21 bits per heavy atom. The van der Waals surface area contributed by atoms with Crippen LogP contribution < -0.4 is 4.72 Å². The second-order valence-electron chi connectivity index (χ2n) is 5.35.